The van der Waals surface area contributed by atoms with Gasteiger partial charge in [-0.25, -0.2) is 0 Å². The summed E-state index contributed by atoms with van der Waals surface area (Å²) in [5.74, 6) is -0.988. The van der Waals surface area contributed by atoms with Crippen molar-refractivity contribution in [2.75, 3.05) is 6.61 Å². The Morgan fingerprint density at radius 3 is 2.60 bits per heavy atom. The number of hydrogen-bond donors (Lipinski definition) is 4. The Hall–Kier alpha value is -0.650. The number of rotatable bonds is 3. The normalized spacial score (nSPS) is 33.4. The predicted molar refractivity (Wildman–Crippen MR) is 31.4 cm³/mol. The fourth-order valence-electron chi connectivity index (χ4n) is 0.823. The molecule has 10 heavy (non-hydrogen) atoms. The molecular weight excluding hydrogens is 138 g/mol. The van der Waals surface area contributed by atoms with Gasteiger partial charge in [0, 0.05) is 0 Å². The summed E-state index contributed by atoms with van der Waals surface area (Å²) < 4.78 is 0. The van der Waals surface area contributed by atoms with Gasteiger partial charge in [0.05, 0.1) is 18.8 Å². The van der Waals surface area contributed by atoms with Gasteiger partial charge in [-0.3, -0.25) is 10.1 Å². The van der Waals surface area contributed by atoms with Gasteiger partial charge in [-0.05, 0) is 0 Å². The SMILES string of the molecule is O=C(O)[C@H]1N[C@H]1[C@H](O)CO. The van der Waals surface area contributed by atoms with Crippen LogP contribution in [-0.2, 0) is 4.79 Å². The van der Waals surface area contributed by atoms with E-state index in [1.165, 1.54) is 0 Å². The summed E-state index contributed by atoms with van der Waals surface area (Å²) in [5.41, 5.74) is 0. The average Bonchev–Trinajstić information content (AvgIpc) is 2.64. The summed E-state index contributed by atoms with van der Waals surface area (Å²) in [6.45, 7) is -0.401. The minimum atomic E-state index is -0.988. The molecule has 0 aromatic carbocycles. The minimum absolute atomic E-state index is 0.401. The first kappa shape index (κ1) is 7.46. The Morgan fingerprint density at radius 2 is 2.30 bits per heavy atom. The number of aliphatic carboxylic acids is 1. The molecule has 3 atom stereocenters. The quantitative estimate of drug-likeness (QED) is 0.338. The van der Waals surface area contributed by atoms with E-state index < -0.39 is 30.8 Å². The van der Waals surface area contributed by atoms with Crippen LogP contribution in [0.3, 0.4) is 0 Å². The van der Waals surface area contributed by atoms with Crippen molar-refractivity contribution in [2.45, 2.75) is 18.2 Å². The van der Waals surface area contributed by atoms with E-state index in [-0.39, 0.29) is 0 Å². The van der Waals surface area contributed by atoms with Crippen LogP contribution >= 0.6 is 0 Å². The van der Waals surface area contributed by atoms with E-state index in [0.717, 1.165) is 0 Å². The molecule has 1 aliphatic rings. The van der Waals surface area contributed by atoms with Crippen molar-refractivity contribution in [3.05, 3.63) is 0 Å². The van der Waals surface area contributed by atoms with Gasteiger partial charge in [-0.15, -0.1) is 0 Å². The lowest BCUT2D eigenvalue weighted by molar-refractivity contribution is -0.136. The van der Waals surface area contributed by atoms with Crippen molar-refractivity contribution in [3.8, 4) is 0 Å². The van der Waals surface area contributed by atoms with Crippen LogP contribution in [-0.4, -0.2) is 46.1 Å². The van der Waals surface area contributed by atoms with Crippen molar-refractivity contribution in [3.63, 3.8) is 0 Å². The molecule has 0 saturated carbocycles. The van der Waals surface area contributed by atoms with E-state index in [2.05, 4.69) is 5.32 Å². The first-order chi connectivity index (χ1) is 4.66. The van der Waals surface area contributed by atoms with Crippen LogP contribution in [0.1, 0.15) is 0 Å². The molecule has 0 bridgehead atoms. The van der Waals surface area contributed by atoms with Gasteiger partial charge in [0.15, 0.2) is 0 Å². The van der Waals surface area contributed by atoms with E-state index in [0.29, 0.717) is 0 Å². The Labute approximate surface area is 57.3 Å². The smallest absolute Gasteiger partial charge is 0.322 e. The molecule has 0 aromatic rings. The van der Waals surface area contributed by atoms with E-state index in [1.807, 2.05) is 0 Å². The average molecular weight is 147 g/mol. The number of carboxylic acid groups (broad SMARTS) is 1. The lowest BCUT2D eigenvalue weighted by atomic mass is 10.2. The molecule has 4 N–H and O–H groups in total. The van der Waals surface area contributed by atoms with Gasteiger partial charge >= 0.3 is 5.97 Å². The maximum Gasteiger partial charge on any atom is 0.322 e. The minimum Gasteiger partial charge on any atom is -0.480 e. The second-order valence-corrected chi connectivity index (χ2v) is 2.26. The van der Waals surface area contributed by atoms with Gasteiger partial charge in [0.1, 0.15) is 6.04 Å². The third-order valence-corrected chi connectivity index (χ3v) is 1.49. The van der Waals surface area contributed by atoms with Crippen LogP contribution < -0.4 is 5.32 Å². The van der Waals surface area contributed by atoms with Crippen LogP contribution in [0.15, 0.2) is 0 Å². The maximum atomic E-state index is 10.1. The molecule has 1 fully saturated rings. The van der Waals surface area contributed by atoms with Gasteiger partial charge < -0.3 is 15.3 Å². The van der Waals surface area contributed by atoms with Gasteiger partial charge in [-0.1, -0.05) is 0 Å². The van der Waals surface area contributed by atoms with Crippen LogP contribution in [0.2, 0.25) is 0 Å². The third-order valence-electron chi connectivity index (χ3n) is 1.49. The Morgan fingerprint density at radius 1 is 1.70 bits per heavy atom. The van der Waals surface area contributed by atoms with Crippen molar-refractivity contribution in [2.24, 2.45) is 0 Å². The molecule has 1 saturated heterocycles. The summed E-state index contributed by atoms with van der Waals surface area (Å²) in [6, 6.07) is -1.15. The van der Waals surface area contributed by atoms with E-state index in [4.69, 9.17) is 15.3 Å². The molecule has 1 heterocycles. The fraction of sp³-hybridized carbons (Fsp3) is 0.800. The van der Waals surface area contributed by atoms with Crippen LogP contribution in [0.25, 0.3) is 0 Å². The highest BCUT2D eigenvalue weighted by Crippen LogP contribution is 2.14. The standard InChI is InChI=1S/C5H9NO4/c7-1-2(8)3-4(6-3)5(9)10/h2-4,6-8H,1H2,(H,9,10)/t2-,3+,4+/m1/s1. The first-order valence-corrected chi connectivity index (χ1v) is 2.94. The number of nitrogens with one attached hydrogen (secondary N) is 1. The van der Waals surface area contributed by atoms with Gasteiger partial charge in [0.25, 0.3) is 0 Å². The molecule has 0 radical (unpaired) electrons. The lowest BCUT2D eigenvalue weighted by Gasteiger charge is -2.00. The molecular formula is C5H9NO4. The maximum absolute atomic E-state index is 10.1. The molecule has 5 heteroatoms. The lowest BCUT2D eigenvalue weighted by Crippen LogP contribution is -2.24. The molecule has 0 amide bonds. The summed E-state index contributed by atoms with van der Waals surface area (Å²) in [7, 11) is 0. The summed E-state index contributed by atoms with van der Waals surface area (Å²) in [4.78, 5) is 10.1. The summed E-state index contributed by atoms with van der Waals surface area (Å²) in [5, 5.41) is 28.0. The highest BCUT2D eigenvalue weighted by molar-refractivity contribution is 5.78. The molecule has 0 aromatic heterocycles. The zero-order chi connectivity index (χ0) is 7.72. The summed E-state index contributed by atoms with van der Waals surface area (Å²) in [6.07, 6.45) is -0.957. The molecule has 0 unspecified atom stereocenters. The Kier molecular flexibility index (Phi) is 1.89. The number of carboxylic acids is 1. The largest absolute Gasteiger partial charge is 0.480 e. The topological polar surface area (TPSA) is 99.7 Å². The zero-order valence-electron chi connectivity index (χ0n) is 5.19. The monoisotopic (exact) mass is 147 g/mol. The molecule has 5 nitrogen and oxygen atoms in total. The van der Waals surface area contributed by atoms with Crippen LogP contribution in [0, 0.1) is 0 Å². The number of hydrogen-bond acceptors (Lipinski definition) is 4. The second-order valence-electron chi connectivity index (χ2n) is 2.26. The molecule has 1 rings (SSSR count). The van der Waals surface area contributed by atoms with E-state index in [9.17, 15) is 4.79 Å². The zero-order valence-corrected chi connectivity index (χ0v) is 5.19. The third kappa shape index (κ3) is 1.26. The predicted octanol–water partition coefficient (Wildman–Crippen LogP) is -2.24. The fourth-order valence-corrected chi connectivity index (χ4v) is 0.823. The van der Waals surface area contributed by atoms with Crippen LogP contribution in [0.4, 0.5) is 0 Å². The highest BCUT2D eigenvalue weighted by Gasteiger charge is 2.46. The number of carbonyl (C=O) groups is 1. The van der Waals surface area contributed by atoms with Gasteiger partial charge in [0.2, 0.25) is 0 Å². The number of aliphatic hydroxyl groups excluding tert-OH is 2. The highest BCUT2D eigenvalue weighted by atomic mass is 16.4. The van der Waals surface area contributed by atoms with E-state index in [1.54, 1.807) is 0 Å². The van der Waals surface area contributed by atoms with Crippen molar-refractivity contribution in [1.29, 1.82) is 0 Å². The van der Waals surface area contributed by atoms with Crippen molar-refractivity contribution >= 4 is 5.97 Å². The second kappa shape index (κ2) is 2.53. The van der Waals surface area contributed by atoms with Crippen LogP contribution in [0.5, 0.6) is 0 Å². The number of aliphatic hydroxyl groups is 2. The first-order valence-electron chi connectivity index (χ1n) is 2.94. The summed E-state index contributed by atoms with van der Waals surface area (Å²) >= 11 is 0. The van der Waals surface area contributed by atoms with Gasteiger partial charge in [-0.2, -0.15) is 0 Å². The molecule has 58 valence electrons. The molecule has 0 aliphatic carbocycles. The van der Waals surface area contributed by atoms with Crippen molar-refractivity contribution < 1.29 is 20.1 Å². The Bertz CT molecular complexity index is 149. The molecule has 1 aliphatic heterocycles. The molecule has 0 spiro atoms. The van der Waals surface area contributed by atoms with E-state index >= 15 is 0 Å². The van der Waals surface area contributed by atoms with Crippen molar-refractivity contribution in [1.82, 2.24) is 5.32 Å². The Balaban J connectivity index is 2.31.